The molecule has 1 amide bonds. The molecule has 2 fully saturated rings. The molecule has 1 unspecified atom stereocenters. The van der Waals surface area contributed by atoms with E-state index in [1.54, 1.807) is 0 Å². The number of hydrogen-bond acceptors (Lipinski definition) is 4. The summed E-state index contributed by atoms with van der Waals surface area (Å²) >= 11 is 0. The van der Waals surface area contributed by atoms with E-state index < -0.39 is 0 Å². The largest absolute Gasteiger partial charge is 0.379 e. The Labute approximate surface area is 168 Å². The Hall–Kier alpha value is -0.610. The van der Waals surface area contributed by atoms with Crippen molar-refractivity contribution in [3.63, 3.8) is 0 Å². The van der Waals surface area contributed by atoms with E-state index in [1.165, 1.54) is 0 Å². The number of amides is 1. The molecule has 1 aliphatic carbocycles. The summed E-state index contributed by atoms with van der Waals surface area (Å²) in [6.07, 6.45) is 5.81. The zero-order valence-electron chi connectivity index (χ0n) is 15.2. The van der Waals surface area contributed by atoms with Crippen LogP contribution in [0.3, 0.4) is 0 Å². The fraction of sp³-hybridized carbons (Fsp3) is 0.882. The van der Waals surface area contributed by atoms with Gasteiger partial charge in [-0.05, 0) is 39.0 Å². The first-order chi connectivity index (χ1) is 11.8. The minimum Gasteiger partial charge on any atom is -0.379 e. The molecule has 0 radical (unpaired) electrons. The van der Waals surface area contributed by atoms with Gasteiger partial charge in [0.05, 0.1) is 12.7 Å². The lowest BCUT2D eigenvalue weighted by molar-refractivity contribution is -0.121. The van der Waals surface area contributed by atoms with E-state index in [9.17, 15) is 4.79 Å². The quantitative estimate of drug-likeness (QED) is 0.185. The molecule has 0 bridgehead atoms. The first kappa shape index (κ1) is 22.4. The van der Waals surface area contributed by atoms with Crippen molar-refractivity contribution in [1.29, 1.82) is 0 Å². The molecule has 0 spiro atoms. The SMILES string of the molecule is CCNC(=NCCCC(=O)NC1CC1)NCCCOC1CCOC1.I. The Bertz CT molecular complexity index is 399. The van der Waals surface area contributed by atoms with Gasteiger partial charge in [0, 0.05) is 45.3 Å². The van der Waals surface area contributed by atoms with Crippen LogP contribution in [-0.4, -0.2) is 63.5 Å². The fourth-order valence-corrected chi connectivity index (χ4v) is 2.47. The number of nitrogens with zero attached hydrogens (tertiary/aromatic N) is 1. The van der Waals surface area contributed by atoms with Crippen molar-refractivity contribution in [3.8, 4) is 0 Å². The number of nitrogens with one attached hydrogen (secondary N) is 3. The summed E-state index contributed by atoms with van der Waals surface area (Å²) in [5.41, 5.74) is 0. The minimum absolute atomic E-state index is 0. The third-order valence-corrected chi connectivity index (χ3v) is 3.97. The van der Waals surface area contributed by atoms with E-state index >= 15 is 0 Å². The third kappa shape index (κ3) is 10.9. The van der Waals surface area contributed by atoms with Crippen LogP contribution in [0.2, 0.25) is 0 Å². The van der Waals surface area contributed by atoms with Gasteiger partial charge in [-0.2, -0.15) is 0 Å². The van der Waals surface area contributed by atoms with Gasteiger partial charge in [-0.3, -0.25) is 9.79 Å². The van der Waals surface area contributed by atoms with Gasteiger partial charge in [0.25, 0.3) is 0 Å². The second-order valence-corrected chi connectivity index (χ2v) is 6.34. The molecule has 1 atom stereocenters. The summed E-state index contributed by atoms with van der Waals surface area (Å²) in [6, 6.07) is 0.443. The van der Waals surface area contributed by atoms with Gasteiger partial charge in [0.1, 0.15) is 0 Å². The minimum atomic E-state index is 0. The molecule has 8 heteroatoms. The Morgan fingerprint density at radius 3 is 2.76 bits per heavy atom. The standard InChI is InChI=1S/C17H32N4O3.HI/c1-2-18-17(19-9-3-5-16(22)21-14-6-7-14)20-10-4-11-24-15-8-12-23-13-15;/h14-15H,2-13H2,1H3,(H,21,22)(H2,18,19,20);1H. The van der Waals surface area contributed by atoms with E-state index in [2.05, 4.69) is 20.9 Å². The van der Waals surface area contributed by atoms with Crippen molar-refractivity contribution in [2.45, 2.75) is 57.6 Å². The maximum atomic E-state index is 11.6. The van der Waals surface area contributed by atoms with E-state index in [0.29, 0.717) is 19.0 Å². The summed E-state index contributed by atoms with van der Waals surface area (Å²) in [5.74, 6) is 0.961. The van der Waals surface area contributed by atoms with Gasteiger partial charge >= 0.3 is 0 Å². The van der Waals surface area contributed by atoms with Gasteiger partial charge in [-0.1, -0.05) is 0 Å². The molecule has 25 heavy (non-hydrogen) atoms. The topological polar surface area (TPSA) is 84.0 Å². The molecule has 0 aromatic rings. The second-order valence-electron chi connectivity index (χ2n) is 6.34. The zero-order valence-corrected chi connectivity index (χ0v) is 17.6. The normalized spacial score (nSPS) is 20.0. The average molecular weight is 468 g/mol. The smallest absolute Gasteiger partial charge is 0.220 e. The second kappa shape index (κ2) is 13.6. The molecular weight excluding hydrogens is 435 g/mol. The molecule has 1 aliphatic heterocycles. The Morgan fingerprint density at radius 2 is 2.08 bits per heavy atom. The molecule has 1 saturated heterocycles. The van der Waals surface area contributed by atoms with Crippen molar-refractivity contribution in [3.05, 3.63) is 0 Å². The van der Waals surface area contributed by atoms with Crippen molar-refractivity contribution < 1.29 is 14.3 Å². The van der Waals surface area contributed by atoms with Gasteiger partial charge in [-0.25, -0.2) is 0 Å². The lowest BCUT2D eigenvalue weighted by Crippen LogP contribution is -2.38. The number of rotatable bonds is 11. The number of halogens is 1. The first-order valence-electron chi connectivity index (χ1n) is 9.29. The highest BCUT2D eigenvalue weighted by Gasteiger charge is 2.22. The lowest BCUT2D eigenvalue weighted by Gasteiger charge is -2.13. The molecule has 146 valence electrons. The molecule has 3 N–H and O–H groups in total. The van der Waals surface area contributed by atoms with Crippen LogP contribution in [0.25, 0.3) is 0 Å². The summed E-state index contributed by atoms with van der Waals surface area (Å²) < 4.78 is 11.0. The van der Waals surface area contributed by atoms with E-state index in [1.807, 2.05) is 6.92 Å². The monoisotopic (exact) mass is 468 g/mol. The molecular formula is C17H33IN4O3. The highest BCUT2D eigenvalue weighted by Crippen LogP contribution is 2.18. The number of ether oxygens (including phenoxy) is 2. The van der Waals surface area contributed by atoms with Gasteiger partial charge in [-0.15, -0.1) is 24.0 Å². The molecule has 0 aromatic carbocycles. The zero-order chi connectivity index (χ0) is 17.0. The molecule has 7 nitrogen and oxygen atoms in total. The van der Waals surface area contributed by atoms with Crippen LogP contribution < -0.4 is 16.0 Å². The van der Waals surface area contributed by atoms with Crippen molar-refractivity contribution in [2.75, 3.05) is 39.5 Å². The Balaban J connectivity index is 0.00000312. The van der Waals surface area contributed by atoms with Crippen molar-refractivity contribution >= 4 is 35.8 Å². The predicted octanol–water partition coefficient (Wildman–Crippen LogP) is 1.41. The Kier molecular flexibility index (Phi) is 12.2. The molecule has 1 saturated carbocycles. The number of carbonyl (C=O) groups is 1. The molecule has 2 aliphatic rings. The summed E-state index contributed by atoms with van der Waals surface area (Å²) in [7, 11) is 0. The maximum Gasteiger partial charge on any atom is 0.220 e. The van der Waals surface area contributed by atoms with Crippen molar-refractivity contribution in [1.82, 2.24) is 16.0 Å². The van der Waals surface area contributed by atoms with Gasteiger partial charge < -0.3 is 25.4 Å². The average Bonchev–Trinajstić information content (AvgIpc) is 3.22. The van der Waals surface area contributed by atoms with Crippen LogP contribution in [0.1, 0.15) is 45.4 Å². The van der Waals surface area contributed by atoms with Crippen molar-refractivity contribution in [2.24, 2.45) is 4.99 Å². The third-order valence-electron chi connectivity index (χ3n) is 3.97. The van der Waals surface area contributed by atoms with E-state index in [-0.39, 0.29) is 36.0 Å². The predicted molar refractivity (Wildman–Crippen MR) is 110 cm³/mol. The van der Waals surface area contributed by atoms with Crippen LogP contribution in [-0.2, 0) is 14.3 Å². The highest BCUT2D eigenvalue weighted by atomic mass is 127. The van der Waals surface area contributed by atoms with Gasteiger partial charge in [0.15, 0.2) is 5.96 Å². The van der Waals surface area contributed by atoms with E-state index in [4.69, 9.17) is 9.47 Å². The number of aliphatic imine (C=N–C) groups is 1. The van der Waals surface area contributed by atoms with Crippen LogP contribution in [0.4, 0.5) is 0 Å². The fourth-order valence-electron chi connectivity index (χ4n) is 2.47. The van der Waals surface area contributed by atoms with Crippen LogP contribution in [0.5, 0.6) is 0 Å². The van der Waals surface area contributed by atoms with E-state index in [0.717, 1.165) is 71.0 Å². The number of hydrogen-bond donors (Lipinski definition) is 3. The number of guanidine groups is 1. The first-order valence-corrected chi connectivity index (χ1v) is 9.29. The summed E-state index contributed by atoms with van der Waals surface area (Å²) in [5, 5.41) is 9.52. The van der Waals surface area contributed by atoms with Crippen LogP contribution in [0, 0.1) is 0 Å². The number of carbonyl (C=O) groups excluding carboxylic acids is 1. The molecule has 1 heterocycles. The summed E-state index contributed by atoms with van der Waals surface area (Å²) in [6.45, 7) is 6.63. The van der Waals surface area contributed by atoms with Crippen LogP contribution in [0.15, 0.2) is 4.99 Å². The summed E-state index contributed by atoms with van der Waals surface area (Å²) in [4.78, 5) is 16.1. The Morgan fingerprint density at radius 1 is 1.24 bits per heavy atom. The molecule has 2 rings (SSSR count). The maximum absolute atomic E-state index is 11.6. The highest BCUT2D eigenvalue weighted by molar-refractivity contribution is 14.0. The van der Waals surface area contributed by atoms with Crippen LogP contribution >= 0.6 is 24.0 Å². The van der Waals surface area contributed by atoms with Gasteiger partial charge in [0.2, 0.25) is 5.91 Å². The lowest BCUT2D eigenvalue weighted by atomic mass is 10.3. The molecule has 0 aromatic heterocycles.